The van der Waals surface area contributed by atoms with E-state index in [1.165, 1.54) is 0 Å². The molecule has 2 heterocycles. The van der Waals surface area contributed by atoms with E-state index in [0.717, 1.165) is 21.7 Å². The Hall–Kier alpha value is -4.93. The van der Waals surface area contributed by atoms with Crippen LogP contribution < -0.4 is 4.74 Å². The molecule has 0 saturated carbocycles. The Labute approximate surface area is 243 Å². The molecule has 0 aliphatic carbocycles. The van der Waals surface area contributed by atoms with Crippen LogP contribution in [0.2, 0.25) is 5.02 Å². The van der Waals surface area contributed by atoms with E-state index in [1.807, 2.05) is 85.9 Å². The minimum absolute atomic E-state index is 0.0509. The summed E-state index contributed by atoms with van der Waals surface area (Å²) < 4.78 is 7.32. The van der Waals surface area contributed by atoms with Crippen LogP contribution in [0.5, 0.6) is 5.75 Å². The Morgan fingerprint density at radius 1 is 1.00 bits per heavy atom. The lowest BCUT2D eigenvalue weighted by atomic mass is 9.93. The minimum Gasteiger partial charge on any atom is -0.492 e. The number of aromatic nitrogens is 2. The van der Waals surface area contributed by atoms with Gasteiger partial charge in [0.2, 0.25) is 0 Å². The van der Waals surface area contributed by atoms with E-state index in [0.29, 0.717) is 40.6 Å². The highest BCUT2D eigenvalue weighted by Crippen LogP contribution is 2.34. The van der Waals surface area contributed by atoms with Crippen LogP contribution in [-0.4, -0.2) is 39.6 Å². The molecule has 0 bridgehead atoms. The van der Waals surface area contributed by atoms with Gasteiger partial charge in [-0.1, -0.05) is 60.1 Å². The molecule has 0 saturated heterocycles. The van der Waals surface area contributed by atoms with Crippen LogP contribution in [0.15, 0.2) is 102 Å². The van der Waals surface area contributed by atoms with Crippen molar-refractivity contribution in [2.24, 2.45) is 0 Å². The maximum atomic E-state index is 13.8. The number of benzene rings is 3. The second kappa shape index (κ2) is 12.1. The van der Waals surface area contributed by atoms with Crippen LogP contribution in [0, 0.1) is 11.3 Å². The normalized spacial score (nSPS) is 14.5. The summed E-state index contributed by atoms with van der Waals surface area (Å²) in [4.78, 5) is 28.1. The number of nitriles is 1. The number of imide groups is 1. The van der Waals surface area contributed by atoms with Gasteiger partial charge in [-0.05, 0) is 67.8 Å². The van der Waals surface area contributed by atoms with Crippen molar-refractivity contribution in [2.75, 3.05) is 13.2 Å². The quantitative estimate of drug-likeness (QED) is 0.182. The van der Waals surface area contributed by atoms with Gasteiger partial charge in [0.05, 0.1) is 17.3 Å². The van der Waals surface area contributed by atoms with Crippen LogP contribution in [0.3, 0.4) is 0 Å². The number of rotatable bonds is 8. The van der Waals surface area contributed by atoms with Crippen molar-refractivity contribution >= 4 is 29.5 Å². The standard InChI is InChI=1S/C33H27ClN4O3/c1-3-41-30-15-14-24(19-29(30)34)31-25(21-38(36-31)26-12-8-5-9-13-26)18-27-22(2)28(20-35)33(40)37(32(27)39)17-16-23-10-6-4-7-11-23/h4-15,18-19,21H,3,16-17H2,1-2H3/b27-18+. The number of halogens is 1. The summed E-state index contributed by atoms with van der Waals surface area (Å²) in [6.07, 6.45) is 3.99. The second-order valence-electron chi connectivity index (χ2n) is 9.46. The van der Waals surface area contributed by atoms with Crippen molar-refractivity contribution in [1.29, 1.82) is 5.26 Å². The first kappa shape index (κ1) is 27.6. The summed E-state index contributed by atoms with van der Waals surface area (Å²) in [6, 6.07) is 26.6. The molecule has 0 N–H and O–H groups in total. The molecule has 4 aromatic rings. The Balaban J connectivity index is 1.61. The number of carbonyl (C=O) groups excluding carboxylic acids is 2. The van der Waals surface area contributed by atoms with E-state index in [4.69, 9.17) is 21.4 Å². The fourth-order valence-electron chi connectivity index (χ4n) is 4.72. The molecule has 0 unspecified atom stereocenters. The van der Waals surface area contributed by atoms with Crippen molar-refractivity contribution in [2.45, 2.75) is 20.3 Å². The zero-order valence-corrected chi connectivity index (χ0v) is 23.4. The highest BCUT2D eigenvalue weighted by atomic mass is 35.5. The summed E-state index contributed by atoms with van der Waals surface area (Å²) in [5, 5.41) is 15.1. The molecule has 0 spiro atoms. The average molecular weight is 563 g/mol. The van der Waals surface area contributed by atoms with Gasteiger partial charge in [0.15, 0.2) is 0 Å². The number of nitrogens with zero attached hydrogens (tertiary/aromatic N) is 4. The fourth-order valence-corrected chi connectivity index (χ4v) is 4.96. The Morgan fingerprint density at radius 3 is 2.37 bits per heavy atom. The van der Waals surface area contributed by atoms with E-state index in [9.17, 15) is 14.9 Å². The summed E-state index contributed by atoms with van der Waals surface area (Å²) in [7, 11) is 0. The molecule has 8 heteroatoms. The lowest BCUT2D eigenvalue weighted by Gasteiger charge is -2.27. The summed E-state index contributed by atoms with van der Waals surface area (Å²) >= 11 is 6.51. The van der Waals surface area contributed by atoms with Crippen molar-refractivity contribution < 1.29 is 14.3 Å². The van der Waals surface area contributed by atoms with Gasteiger partial charge in [0, 0.05) is 29.4 Å². The van der Waals surface area contributed by atoms with Gasteiger partial charge in [0.25, 0.3) is 11.8 Å². The van der Waals surface area contributed by atoms with E-state index in [1.54, 1.807) is 29.8 Å². The zero-order valence-electron chi connectivity index (χ0n) is 22.7. The van der Waals surface area contributed by atoms with E-state index < -0.39 is 11.8 Å². The number of ether oxygens (including phenoxy) is 1. The van der Waals surface area contributed by atoms with Gasteiger partial charge in [0.1, 0.15) is 23.1 Å². The maximum Gasteiger partial charge on any atom is 0.271 e. The summed E-state index contributed by atoms with van der Waals surface area (Å²) in [5.41, 5.74) is 4.30. The number of hydrogen-bond acceptors (Lipinski definition) is 5. The number of carbonyl (C=O) groups is 2. The van der Waals surface area contributed by atoms with E-state index in [2.05, 4.69) is 0 Å². The first-order chi connectivity index (χ1) is 19.9. The smallest absolute Gasteiger partial charge is 0.271 e. The van der Waals surface area contributed by atoms with Crippen molar-refractivity contribution in [3.63, 3.8) is 0 Å². The topological polar surface area (TPSA) is 88.2 Å². The van der Waals surface area contributed by atoms with Crippen molar-refractivity contribution in [3.8, 4) is 28.8 Å². The van der Waals surface area contributed by atoms with Gasteiger partial charge in [-0.15, -0.1) is 0 Å². The molecule has 1 aromatic heterocycles. The zero-order chi connectivity index (χ0) is 28.9. The highest BCUT2D eigenvalue weighted by molar-refractivity contribution is 6.32. The van der Waals surface area contributed by atoms with E-state index in [-0.39, 0.29) is 17.7 Å². The monoisotopic (exact) mass is 562 g/mol. The molecule has 7 nitrogen and oxygen atoms in total. The number of hydrogen-bond donors (Lipinski definition) is 0. The lowest BCUT2D eigenvalue weighted by Crippen LogP contribution is -2.43. The van der Waals surface area contributed by atoms with Crippen LogP contribution in [0.1, 0.15) is 25.0 Å². The fraction of sp³-hybridized carbons (Fsp3) is 0.152. The molecule has 1 aliphatic heterocycles. The van der Waals surface area contributed by atoms with Gasteiger partial charge < -0.3 is 4.74 Å². The predicted octanol–water partition coefficient (Wildman–Crippen LogP) is 6.43. The first-order valence-electron chi connectivity index (χ1n) is 13.2. The van der Waals surface area contributed by atoms with Gasteiger partial charge in [-0.2, -0.15) is 10.4 Å². The molecule has 0 fully saturated rings. The molecule has 3 aromatic carbocycles. The van der Waals surface area contributed by atoms with Crippen molar-refractivity contribution in [1.82, 2.24) is 14.7 Å². The Bertz CT molecular complexity index is 1720. The molecule has 0 atom stereocenters. The van der Waals surface area contributed by atoms with Gasteiger partial charge in [-0.3, -0.25) is 14.5 Å². The summed E-state index contributed by atoms with van der Waals surface area (Å²) in [6.45, 7) is 4.15. The molecule has 0 radical (unpaired) electrons. The second-order valence-corrected chi connectivity index (χ2v) is 9.87. The van der Waals surface area contributed by atoms with Crippen molar-refractivity contribution in [3.05, 3.63) is 118 Å². The minimum atomic E-state index is -0.582. The Kier molecular flexibility index (Phi) is 8.14. The molecule has 204 valence electrons. The summed E-state index contributed by atoms with van der Waals surface area (Å²) in [5.74, 6) is -0.472. The highest BCUT2D eigenvalue weighted by Gasteiger charge is 2.35. The van der Waals surface area contributed by atoms with Crippen LogP contribution in [0.25, 0.3) is 23.0 Å². The number of para-hydroxylation sites is 1. The number of amides is 2. The third-order valence-corrected chi connectivity index (χ3v) is 7.16. The van der Waals surface area contributed by atoms with Crippen LogP contribution in [-0.2, 0) is 16.0 Å². The molecule has 5 rings (SSSR count). The molecule has 1 aliphatic rings. The lowest BCUT2D eigenvalue weighted by molar-refractivity contribution is -0.140. The average Bonchev–Trinajstić information content (AvgIpc) is 3.41. The largest absolute Gasteiger partial charge is 0.492 e. The Morgan fingerprint density at radius 2 is 1.71 bits per heavy atom. The third-order valence-electron chi connectivity index (χ3n) is 6.86. The predicted molar refractivity (Wildman–Crippen MR) is 158 cm³/mol. The molecular weight excluding hydrogens is 536 g/mol. The third kappa shape index (κ3) is 5.69. The molecular formula is C33H27ClN4O3. The van der Waals surface area contributed by atoms with Gasteiger partial charge in [-0.25, -0.2) is 4.68 Å². The molecule has 2 amide bonds. The van der Waals surface area contributed by atoms with Crippen LogP contribution in [0.4, 0.5) is 0 Å². The van der Waals surface area contributed by atoms with Gasteiger partial charge >= 0.3 is 0 Å². The molecule has 41 heavy (non-hydrogen) atoms. The first-order valence-corrected chi connectivity index (χ1v) is 13.6. The maximum absolute atomic E-state index is 13.8. The van der Waals surface area contributed by atoms with Crippen LogP contribution >= 0.6 is 11.6 Å². The SMILES string of the molecule is CCOc1ccc(-c2nn(-c3ccccc3)cc2/C=C2/C(=O)N(CCc3ccccc3)C(=O)C(C#N)=C2C)cc1Cl. The van der Waals surface area contributed by atoms with E-state index >= 15 is 0 Å².